The van der Waals surface area contributed by atoms with Crippen LogP contribution in [0, 0.1) is 5.41 Å². The lowest BCUT2D eigenvalue weighted by Gasteiger charge is -2.33. The molecule has 0 fully saturated rings. The second-order valence-electron chi connectivity index (χ2n) is 5.12. The molecule has 2 rings (SSSR count). The van der Waals surface area contributed by atoms with Gasteiger partial charge in [0.15, 0.2) is 0 Å². The Bertz CT molecular complexity index is 407. The Morgan fingerprint density at radius 2 is 2.33 bits per heavy atom. The molecule has 0 bridgehead atoms. The molecule has 0 aromatic carbocycles. The van der Waals surface area contributed by atoms with Gasteiger partial charge in [-0.25, -0.2) is 4.98 Å². The van der Waals surface area contributed by atoms with E-state index in [2.05, 4.69) is 18.8 Å². The van der Waals surface area contributed by atoms with Crippen molar-refractivity contribution < 1.29 is 9.90 Å². The van der Waals surface area contributed by atoms with Crippen molar-refractivity contribution >= 4 is 5.97 Å². The molecule has 1 atom stereocenters. The third-order valence-electron chi connectivity index (χ3n) is 3.12. The highest BCUT2D eigenvalue weighted by Gasteiger charge is 2.38. The van der Waals surface area contributed by atoms with Crippen LogP contribution in [0.4, 0.5) is 0 Å². The summed E-state index contributed by atoms with van der Waals surface area (Å²) in [6.07, 6.45) is 3.29. The van der Waals surface area contributed by atoms with Gasteiger partial charge in [-0.05, 0) is 18.3 Å². The predicted molar refractivity (Wildman–Crippen MR) is 55.7 cm³/mol. The average molecular weight is 208 g/mol. The van der Waals surface area contributed by atoms with Crippen LogP contribution in [0.5, 0.6) is 0 Å². The van der Waals surface area contributed by atoms with Crippen molar-refractivity contribution in [2.45, 2.75) is 32.6 Å². The molecule has 4 heteroatoms. The molecule has 1 heterocycles. The van der Waals surface area contributed by atoms with Crippen molar-refractivity contribution in [2.24, 2.45) is 12.5 Å². The molecule has 0 radical (unpaired) electrons. The van der Waals surface area contributed by atoms with Gasteiger partial charge in [-0.3, -0.25) is 4.79 Å². The number of carboxylic acid groups (broad SMARTS) is 1. The largest absolute Gasteiger partial charge is 0.481 e. The molecule has 1 N–H and O–H groups in total. The number of aryl methyl sites for hydroxylation is 1. The number of carbonyl (C=O) groups is 1. The molecule has 0 amide bonds. The second kappa shape index (κ2) is 3.08. The number of imidazole rings is 1. The Labute approximate surface area is 88.9 Å². The van der Waals surface area contributed by atoms with Gasteiger partial charge in [0.25, 0.3) is 0 Å². The Kier molecular flexibility index (Phi) is 2.10. The smallest absolute Gasteiger partial charge is 0.312 e. The Balaban J connectivity index is 2.49. The molecular formula is C11H16N2O2. The van der Waals surface area contributed by atoms with Crippen LogP contribution in [-0.4, -0.2) is 20.6 Å². The van der Waals surface area contributed by atoms with Gasteiger partial charge in [0, 0.05) is 12.7 Å². The predicted octanol–water partition coefficient (Wildman–Crippen LogP) is 1.56. The van der Waals surface area contributed by atoms with E-state index in [0.29, 0.717) is 6.42 Å². The number of hydrogen-bond donors (Lipinski definition) is 1. The molecule has 1 aromatic heterocycles. The van der Waals surface area contributed by atoms with Crippen LogP contribution < -0.4 is 0 Å². The lowest BCUT2D eigenvalue weighted by molar-refractivity contribution is -0.140. The summed E-state index contributed by atoms with van der Waals surface area (Å²) in [6.45, 7) is 4.22. The third-order valence-corrected chi connectivity index (χ3v) is 3.12. The molecule has 0 saturated carbocycles. The van der Waals surface area contributed by atoms with Crippen molar-refractivity contribution in [1.82, 2.24) is 9.55 Å². The van der Waals surface area contributed by atoms with Gasteiger partial charge in [-0.15, -0.1) is 0 Å². The van der Waals surface area contributed by atoms with Crippen LogP contribution in [0.3, 0.4) is 0 Å². The summed E-state index contributed by atoms with van der Waals surface area (Å²) >= 11 is 0. The summed E-state index contributed by atoms with van der Waals surface area (Å²) in [5.41, 5.74) is 1.87. The van der Waals surface area contributed by atoms with E-state index < -0.39 is 11.9 Å². The molecule has 1 unspecified atom stereocenters. The van der Waals surface area contributed by atoms with E-state index in [4.69, 9.17) is 0 Å². The molecule has 82 valence electrons. The van der Waals surface area contributed by atoms with Gasteiger partial charge in [-0.1, -0.05) is 13.8 Å². The minimum Gasteiger partial charge on any atom is -0.481 e. The van der Waals surface area contributed by atoms with Crippen LogP contribution in [-0.2, 0) is 18.3 Å². The molecule has 0 aliphatic heterocycles. The Morgan fingerprint density at radius 1 is 1.67 bits per heavy atom. The summed E-state index contributed by atoms with van der Waals surface area (Å²) in [4.78, 5) is 15.4. The quantitative estimate of drug-likeness (QED) is 0.762. The van der Waals surface area contributed by atoms with Crippen LogP contribution in [0.15, 0.2) is 6.33 Å². The van der Waals surface area contributed by atoms with E-state index in [1.54, 1.807) is 6.33 Å². The van der Waals surface area contributed by atoms with Gasteiger partial charge >= 0.3 is 5.97 Å². The lowest BCUT2D eigenvalue weighted by Crippen LogP contribution is -2.30. The standard InChI is InChI=1S/C11H16N2O2/c1-11(2)4-7(10(14)15)9-8(5-11)13(3)6-12-9/h6-7H,4-5H2,1-3H3,(H,14,15). The second-order valence-corrected chi connectivity index (χ2v) is 5.12. The maximum Gasteiger partial charge on any atom is 0.312 e. The van der Waals surface area contributed by atoms with E-state index in [1.807, 2.05) is 11.6 Å². The maximum atomic E-state index is 11.2. The van der Waals surface area contributed by atoms with Gasteiger partial charge in [-0.2, -0.15) is 0 Å². The first-order valence-electron chi connectivity index (χ1n) is 5.13. The molecule has 0 saturated heterocycles. The average Bonchev–Trinajstić information content (AvgIpc) is 2.45. The summed E-state index contributed by atoms with van der Waals surface area (Å²) in [5, 5.41) is 9.18. The molecule has 15 heavy (non-hydrogen) atoms. The fraction of sp³-hybridized carbons (Fsp3) is 0.636. The molecule has 1 aliphatic rings. The van der Waals surface area contributed by atoms with Crippen LogP contribution in [0.25, 0.3) is 0 Å². The topological polar surface area (TPSA) is 55.1 Å². The number of nitrogens with zero attached hydrogens (tertiary/aromatic N) is 2. The highest BCUT2D eigenvalue weighted by atomic mass is 16.4. The number of carboxylic acids is 1. The van der Waals surface area contributed by atoms with Gasteiger partial charge in [0.2, 0.25) is 0 Å². The number of aromatic nitrogens is 2. The van der Waals surface area contributed by atoms with E-state index >= 15 is 0 Å². The fourth-order valence-corrected chi connectivity index (χ4v) is 2.36. The lowest BCUT2D eigenvalue weighted by atomic mass is 9.72. The minimum atomic E-state index is -0.761. The Morgan fingerprint density at radius 3 is 2.93 bits per heavy atom. The fourth-order valence-electron chi connectivity index (χ4n) is 2.36. The normalized spacial score (nSPS) is 23.5. The van der Waals surface area contributed by atoms with E-state index in [-0.39, 0.29) is 5.41 Å². The van der Waals surface area contributed by atoms with Crippen molar-refractivity contribution in [1.29, 1.82) is 0 Å². The number of rotatable bonds is 1. The third kappa shape index (κ3) is 1.64. The first-order chi connectivity index (χ1) is 6.91. The molecular weight excluding hydrogens is 192 g/mol. The maximum absolute atomic E-state index is 11.2. The van der Waals surface area contributed by atoms with Crippen LogP contribution in [0.2, 0.25) is 0 Å². The number of hydrogen-bond acceptors (Lipinski definition) is 2. The van der Waals surface area contributed by atoms with E-state index in [9.17, 15) is 9.90 Å². The van der Waals surface area contributed by atoms with Crippen molar-refractivity contribution in [3.05, 3.63) is 17.7 Å². The number of fused-ring (bicyclic) bond motifs is 1. The zero-order valence-corrected chi connectivity index (χ0v) is 9.32. The summed E-state index contributed by atoms with van der Waals surface area (Å²) in [5.74, 6) is -1.20. The summed E-state index contributed by atoms with van der Waals surface area (Å²) in [7, 11) is 1.92. The first-order valence-corrected chi connectivity index (χ1v) is 5.13. The SMILES string of the molecule is Cn1cnc2c1CC(C)(C)CC2C(=O)O. The highest BCUT2D eigenvalue weighted by Crippen LogP contribution is 2.41. The van der Waals surface area contributed by atoms with E-state index in [1.165, 1.54) is 0 Å². The van der Waals surface area contributed by atoms with Crippen molar-refractivity contribution in [3.63, 3.8) is 0 Å². The first kappa shape index (κ1) is 10.2. The number of aliphatic carboxylic acids is 1. The zero-order chi connectivity index (χ0) is 11.2. The van der Waals surface area contributed by atoms with Crippen molar-refractivity contribution in [2.75, 3.05) is 0 Å². The minimum absolute atomic E-state index is 0.0455. The van der Waals surface area contributed by atoms with Crippen LogP contribution in [0.1, 0.15) is 37.6 Å². The summed E-state index contributed by atoms with van der Waals surface area (Å²) in [6, 6.07) is 0. The zero-order valence-electron chi connectivity index (χ0n) is 9.32. The summed E-state index contributed by atoms with van der Waals surface area (Å²) < 4.78 is 1.94. The van der Waals surface area contributed by atoms with Gasteiger partial charge in [0.1, 0.15) is 5.92 Å². The monoisotopic (exact) mass is 208 g/mol. The van der Waals surface area contributed by atoms with Crippen LogP contribution >= 0.6 is 0 Å². The van der Waals surface area contributed by atoms with Gasteiger partial charge < -0.3 is 9.67 Å². The van der Waals surface area contributed by atoms with Gasteiger partial charge in [0.05, 0.1) is 12.0 Å². The Hall–Kier alpha value is -1.32. The molecule has 0 spiro atoms. The highest BCUT2D eigenvalue weighted by molar-refractivity contribution is 5.76. The van der Waals surface area contributed by atoms with Crippen molar-refractivity contribution in [3.8, 4) is 0 Å². The molecule has 1 aliphatic carbocycles. The van der Waals surface area contributed by atoms with E-state index in [0.717, 1.165) is 17.8 Å². The molecule has 4 nitrogen and oxygen atoms in total. The molecule has 1 aromatic rings.